The third-order valence-electron chi connectivity index (χ3n) is 2.43. The van der Waals surface area contributed by atoms with Gasteiger partial charge in [-0.3, -0.25) is 0 Å². The molecule has 16 heavy (non-hydrogen) atoms. The van der Waals surface area contributed by atoms with Crippen molar-refractivity contribution >= 4 is 11.8 Å². The van der Waals surface area contributed by atoms with Crippen molar-refractivity contribution in [3.63, 3.8) is 0 Å². The first-order chi connectivity index (χ1) is 7.61. The standard InChI is InChI=1S/C13H20FNS/c1-10(2)16-9-13(15-3)8-11-4-6-12(14)7-5-11/h4-7,10,13,15H,8-9H2,1-3H3. The fourth-order valence-corrected chi connectivity index (χ4v) is 2.36. The van der Waals surface area contributed by atoms with Gasteiger partial charge in [0.25, 0.3) is 0 Å². The van der Waals surface area contributed by atoms with Crippen LogP contribution in [0.3, 0.4) is 0 Å². The molecular formula is C13H20FNS. The number of hydrogen-bond donors (Lipinski definition) is 1. The first-order valence-corrected chi connectivity index (χ1v) is 6.70. The van der Waals surface area contributed by atoms with Crippen molar-refractivity contribution in [2.24, 2.45) is 0 Å². The van der Waals surface area contributed by atoms with Crippen LogP contribution in [0.1, 0.15) is 19.4 Å². The van der Waals surface area contributed by atoms with Crippen molar-refractivity contribution in [3.8, 4) is 0 Å². The zero-order valence-corrected chi connectivity index (χ0v) is 11.0. The van der Waals surface area contributed by atoms with Gasteiger partial charge in [-0.1, -0.05) is 26.0 Å². The van der Waals surface area contributed by atoms with E-state index < -0.39 is 0 Å². The van der Waals surface area contributed by atoms with Crippen LogP contribution >= 0.6 is 11.8 Å². The SMILES string of the molecule is CNC(CSC(C)C)Cc1ccc(F)cc1. The van der Waals surface area contributed by atoms with E-state index in [2.05, 4.69) is 19.2 Å². The summed E-state index contributed by atoms with van der Waals surface area (Å²) in [5, 5.41) is 3.96. The predicted molar refractivity (Wildman–Crippen MR) is 70.5 cm³/mol. The lowest BCUT2D eigenvalue weighted by Crippen LogP contribution is -2.30. The number of likely N-dealkylation sites (N-methyl/N-ethyl adjacent to an activating group) is 1. The van der Waals surface area contributed by atoms with Gasteiger partial charge in [0.05, 0.1) is 0 Å². The molecule has 0 spiro atoms. The molecule has 0 aliphatic heterocycles. The van der Waals surface area contributed by atoms with E-state index in [-0.39, 0.29) is 5.82 Å². The van der Waals surface area contributed by atoms with Crippen LogP contribution in [0.25, 0.3) is 0 Å². The Balaban J connectivity index is 2.46. The Labute approximate surface area is 102 Å². The van der Waals surface area contributed by atoms with E-state index in [1.807, 2.05) is 30.9 Å². The Morgan fingerprint density at radius 2 is 1.88 bits per heavy atom. The van der Waals surface area contributed by atoms with Gasteiger partial charge >= 0.3 is 0 Å². The largest absolute Gasteiger partial charge is 0.316 e. The van der Waals surface area contributed by atoms with Gasteiger partial charge in [-0.05, 0) is 36.4 Å². The number of thioether (sulfide) groups is 1. The van der Waals surface area contributed by atoms with Gasteiger partial charge in [0, 0.05) is 11.8 Å². The number of benzene rings is 1. The summed E-state index contributed by atoms with van der Waals surface area (Å²) in [6.45, 7) is 4.41. The van der Waals surface area contributed by atoms with Crippen molar-refractivity contribution < 1.29 is 4.39 Å². The van der Waals surface area contributed by atoms with Gasteiger partial charge in [-0.2, -0.15) is 11.8 Å². The van der Waals surface area contributed by atoms with E-state index in [0.29, 0.717) is 11.3 Å². The molecule has 1 aromatic rings. The van der Waals surface area contributed by atoms with E-state index >= 15 is 0 Å². The van der Waals surface area contributed by atoms with E-state index in [0.717, 1.165) is 12.2 Å². The highest BCUT2D eigenvalue weighted by Crippen LogP contribution is 2.13. The Hall–Kier alpha value is -0.540. The second kappa shape index (κ2) is 6.92. The number of nitrogens with one attached hydrogen (secondary N) is 1. The molecule has 0 aliphatic carbocycles. The third kappa shape index (κ3) is 4.99. The molecule has 0 saturated carbocycles. The van der Waals surface area contributed by atoms with Crippen LogP contribution in [0.2, 0.25) is 0 Å². The molecule has 1 nitrogen and oxygen atoms in total. The summed E-state index contributed by atoms with van der Waals surface area (Å²) in [5.74, 6) is 0.923. The summed E-state index contributed by atoms with van der Waals surface area (Å²) >= 11 is 1.95. The molecule has 1 aromatic carbocycles. The minimum Gasteiger partial charge on any atom is -0.316 e. The van der Waals surface area contributed by atoms with Crippen molar-refractivity contribution in [2.45, 2.75) is 31.6 Å². The van der Waals surface area contributed by atoms with Gasteiger partial charge in [0.2, 0.25) is 0 Å². The molecule has 1 N–H and O–H groups in total. The van der Waals surface area contributed by atoms with Crippen LogP contribution in [0.5, 0.6) is 0 Å². The molecule has 0 fully saturated rings. The molecule has 0 aliphatic rings. The average Bonchev–Trinajstić information content (AvgIpc) is 2.26. The fraction of sp³-hybridized carbons (Fsp3) is 0.538. The quantitative estimate of drug-likeness (QED) is 0.821. The summed E-state index contributed by atoms with van der Waals surface area (Å²) in [6.07, 6.45) is 0.955. The minimum absolute atomic E-state index is 0.165. The van der Waals surface area contributed by atoms with Crippen LogP contribution < -0.4 is 5.32 Å². The molecule has 90 valence electrons. The van der Waals surface area contributed by atoms with Gasteiger partial charge in [0.15, 0.2) is 0 Å². The lowest BCUT2D eigenvalue weighted by molar-refractivity contribution is 0.609. The Morgan fingerprint density at radius 1 is 1.25 bits per heavy atom. The minimum atomic E-state index is -0.165. The molecule has 1 unspecified atom stereocenters. The van der Waals surface area contributed by atoms with Crippen LogP contribution in [0.4, 0.5) is 4.39 Å². The average molecular weight is 241 g/mol. The van der Waals surface area contributed by atoms with E-state index in [4.69, 9.17) is 0 Å². The van der Waals surface area contributed by atoms with Crippen molar-refractivity contribution in [2.75, 3.05) is 12.8 Å². The monoisotopic (exact) mass is 241 g/mol. The van der Waals surface area contributed by atoms with Crippen molar-refractivity contribution in [1.82, 2.24) is 5.32 Å². The molecule has 0 radical (unpaired) electrons. The first-order valence-electron chi connectivity index (χ1n) is 5.65. The Bertz CT molecular complexity index is 297. The molecule has 1 atom stereocenters. The molecule has 0 heterocycles. The first kappa shape index (κ1) is 13.5. The van der Waals surface area contributed by atoms with Crippen LogP contribution in [-0.4, -0.2) is 24.1 Å². The Kier molecular flexibility index (Phi) is 5.85. The topological polar surface area (TPSA) is 12.0 Å². The molecular weight excluding hydrogens is 221 g/mol. The van der Waals surface area contributed by atoms with Crippen LogP contribution in [0, 0.1) is 5.82 Å². The maximum Gasteiger partial charge on any atom is 0.123 e. The van der Waals surface area contributed by atoms with Gasteiger partial charge in [0.1, 0.15) is 5.82 Å². The summed E-state index contributed by atoms with van der Waals surface area (Å²) in [4.78, 5) is 0. The Morgan fingerprint density at radius 3 is 2.38 bits per heavy atom. The number of hydrogen-bond acceptors (Lipinski definition) is 2. The summed E-state index contributed by atoms with van der Waals surface area (Å²) in [6, 6.07) is 7.23. The molecule has 0 saturated heterocycles. The molecule has 3 heteroatoms. The fourth-order valence-electron chi connectivity index (χ4n) is 1.46. The molecule has 0 aromatic heterocycles. The highest BCUT2D eigenvalue weighted by atomic mass is 32.2. The lowest BCUT2D eigenvalue weighted by atomic mass is 10.1. The second-order valence-electron chi connectivity index (χ2n) is 4.20. The zero-order valence-electron chi connectivity index (χ0n) is 10.2. The highest BCUT2D eigenvalue weighted by Gasteiger charge is 2.08. The summed E-state index contributed by atoms with van der Waals surface area (Å²) in [7, 11) is 1.98. The van der Waals surface area contributed by atoms with Crippen LogP contribution in [-0.2, 0) is 6.42 Å². The highest BCUT2D eigenvalue weighted by molar-refractivity contribution is 7.99. The predicted octanol–water partition coefficient (Wildman–Crippen LogP) is 3.10. The molecule has 0 amide bonds. The second-order valence-corrected chi connectivity index (χ2v) is 5.81. The van der Waals surface area contributed by atoms with Crippen LogP contribution in [0.15, 0.2) is 24.3 Å². The van der Waals surface area contributed by atoms with E-state index in [1.54, 1.807) is 0 Å². The normalized spacial score (nSPS) is 13.1. The summed E-state index contributed by atoms with van der Waals surface area (Å²) < 4.78 is 12.7. The number of rotatable bonds is 6. The molecule has 0 bridgehead atoms. The smallest absolute Gasteiger partial charge is 0.123 e. The van der Waals surface area contributed by atoms with Gasteiger partial charge in [-0.15, -0.1) is 0 Å². The van der Waals surface area contributed by atoms with E-state index in [1.165, 1.54) is 17.7 Å². The lowest BCUT2D eigenvalue weighted by Gasteiger charge is -2.17. The molecule has 1 rings (SSSR count). The number of halogens is 1. The maximum absolute atomic E-state index is 12.7. The third-order valence-corrected chi connectivity index (χ3v) is 3.70. The van der Waals surface area contributed by atoms with Crippen molar-refractivity contribution in [1.29, 1.82) is 0 Å². The summed E-state index contributed by atoms with van der Waals surface area (Å²) in [5.41, 5.74) is 1.19. The van der Waals surface area contributed by atoms with Gasteiger partial charge < -0.3 is 5.32 Å². The van der Waals surface area contributed by atoms with E-state index in [9.17, 15) is 4.39 Å². The zero-order chi connectivity index (χ0) is 12.0. The maximum atomic E-state index is 12.7. The van der Waals surface area contributed by atoms with Gasteiger partial charge in [-0.25, -0.2) is 4.39 Å². The van der Waals surface area contributed by atoms with Crippen molar-refractivity contribution in [3.05, 3.63) is 35.6 Å².